The van der Waals surface area contributed by atoms with Crippen molar-refractivity contribution in [3.63, 3.8) is 0 Å². The smallest absolute Gasteiger partial charge is 0.248 e. The standard InChI is InChI=1S/C23H18N4O/c24-16-20-9-5-4-8-18(20)14-21-25-12-13-27(21)23(17-6-2-1-3-7-17)19-10-11-26-22(28)15-19/h1-13,15,23H,14H2,(H,26,28). The van der Waals surface area contributed by atoms with Crippen molar-refractivity contribution >= 4 is 0 Å². The fourth-order valence-electron chi connectivity index (χ4n) is 3.45. The van der Waals surface area contributed by atoms with Gasteiger partial charge < -0.3 is 9.55 Å². The van der Waals surface area contributed by atoms with E-state index in [9.17, 15) is 10.1 Å². The van der Waals surface area contributed by atoms with Gasteiger partial charge in [-0.3, -0.25) is 4.79 Å². The summed E-state index contributed by atoms with van der Waals surface area (Å²) in [5.41, 5.74) is 3.36. The van der Waals surface area contributed by atoms with Gasteiger partial charge in [-0.15, -0.1) is 0 Å². The number of rotatable bonds is 5. The minimum absolute atomic E-state index is 0.144. The van der Waals surface area contributed by atoms with Crippen molar-refractivity contribution in [1.29, 1.82) is 5.26 Å². The lowest BCUT2D eigenvalue weighted by Gasteiger charge is -2.22. The van der Waals surface area contributed by atoms with E-state index >= 15 is 0 Å². The Balaban J connectivity index is 1.82. The van der Waals surface area contributed by atoms with Crippen LogP contribution in [0.5, 0.6) is 0 Å². The lowest BCUT2D eigenvalue weighted by molar-refractivity contribution is 0.641. The van der Waals surface area contributed by atoms with Crippen molar-refractivity contribution in [2.45, 2.75) is 12.5 Å². The molecule has 0 aliphatic carbocycles. The number of nitrogens with zero attached hydrogens (tertiary/aromatic N) is 3. The predicted octanol–water partition coefficient (Wildman–Crippen LogP) is 3.67. The maximum absolute atomic E-state index is 11.9. The zero-order valence-corrected chi connectivity index (χ0v) is 15.1. The molecule has 1 N–H and O–H groups in total. The molecule has 2 aromatic carbocycles. The normalized spacial score (nSPS) is 11.7. The number of hydrogen-bond acceptors (Lipinski definition) is 3. The summed E-state index contributed by atoms with van der Waals surface area (Å²) in [6.45, 7) is 0. The Morgan fingerprint density at radius 3 is 2.61 bits per heavy atom. The van der Waals surface area contributed by atoms with Crippen molar-refractivity contribution in [2.24, 2.45) is 0 Å². The van der Waals surface area contributed by atoms with E-state index in [1.807, 2.05) is 66.9 Å². The first-order valence-corrected chi connectivity index (χ1v) is 8.99. The summed E-state index contributed by atoms with van der Waals surface area (Å²) in [6.07, 6.45) is 5.87. The Hall–Kier alpha value is -3.91. The fourth-order valence-corrected chi connectivity index (χ4v) is 3.45. The molecule has 0 amide bonds. The van der Waals surface area contributed by atoms with E-state index < -0.39 is 0 Å². The largest absolute Gasteiger partial charge is 0.329 e. The maximum Gasteiger partial charge on any atom is 0.248 e. The van der Waals surface area contributed by atoms with Crippen molar-refractivity contribution in [1.82, 2.24) is 14.5 Å². The van der Waals surface area contributed by atoms with E-state index in [1.54, 1.807) is 18.5 Å². The molecule has 0 spiro atoms. The third-order valence-electron chi connectivity index (χ3n) is 4.74. The first-order chi connectivity index (χ1) is 13.8. The molecule has 1 unspecified atom stereocenters. The molecule has 28 heavy (non-hydrogen) atoms. The molecule has 0 fully saturated rings. The molecule has 5 heteroatoms. The number of imidazole rings is 1. The van der Waals surface area contributed by atoms with E-state index in [0.717, 1.165) is 22.5 Å². The van der Waals surface area contributed by atoms with Crippen LogP contribution < -0.4 is 5.56 Å². The second kappa shape index (κ2) is 7.77. The molecule has 0 bridgehead atoms. The van der Waals surface area contributed by atoms with E-state index in [0.29, 0.717) is 12.0 Å². The lowest BCUT2D eigenvalue weighted by Crippen LogP contribution is -2.17. The molecule has 4 aromatic rings. The van der Waals surface area contributed by atoms with Gasteiger partial charge in [0.1, 0.15) is 5.82 Å². The molecule has 0 aliphatic rings. The molecule has 136 valence electrons. The van der Waals surface area contributed by atoms with Gasteiger partial charge in [-0.05, 0) is 28.8 Å². The number of benzene rings is 2. The zero-order chi connectivity index (χ0) is 19.3. The number of aromatic nitrogens is 3. The Kier molecular flexibility index (Phi) is 4.85. The monoisotopic (exact) mass is 366 g/mol. The van der Waals surface area contributed by atoms with Crippen LogP contribution in [-0.2, 0) is 6.42 Å². The van der Waals surface area contributed by atoms with Crippen LogP contribution in [0.25, 0.3) is 0 Å². The van der Waals surface area contributed by atoms with Crippen LogP contribution in [0.3, 0.4) is 0 Å². The number of H-pyrrole nitrogens is 1. The van der Waals surface area contributed by atoms with Crippen LogP contribution in [0.4, 0.5) is 0 Å². The predicted molar refractivity (Wildman–Crippen MR) is 107 cm³/mol. The Labute approximate surface area is 162 Å². The zero-order valence-electron chi connectivity index (χ0n) is 15.1. The molecule has 4 rings (SSSR count). The Morgan fingerprint density at radius 2 is 1.82 bits per heavy atom. The third kappa shape index (κ3) is 3.49. The highest BCUT2D eigenvalue weighted by Gasteiger charge is 2.20. The molecule has 0 saturated carbocycles. The number of nitriles is 1. The molecule has 0 radical (unpaired) electrons. The summed E-state index contributed by atoms with van der Waals surface area (Å²) in [4.78, 5) is 19.2. The molecule has 5 nitrogen and oxygen atoms in total. The van der Waals surface area contributed by atoms with Crippen molar-refractivity contribution in [3.8, 4) is 6.07 Å². The van der Waals surface area contributed by atoms with E-state index in [-0.39, 0.29) is 11.6 Å². The molecule has 2 aromatic heterocycles. The number of hydrogen-bond donors (Lipinski definition) is 1. The van der Waals surface area contributed by atoms with Gasteiger partial charge in [0.05, 0.1) is 17.7 Å². The summed E-state index contributed by atoms with van der Waals surface area (Å²) < 4.78 is 2.07. The van der Waals surface area contributed by atoms with Gasteiger partial charge in [-0.1, -0.05) is 48.5 Å². The summed E-state index contributed by atoms with van der Waals surface area (Å²) in [5.74, 6) is 0.830. The van der Waals surface area contributed by atoms with E-state index in [2.05, 4.69) is 20.6 Å². The summed E-state index contributed by atoms with van der Waals surface area (Å²) in [5, 5.41) is 9.40. The van der Waals surface area contributed by atoms with Crippen LogP contribution in [-0.4, -0.2) is 14.5 Å². The average molecular weight is 366 g/mol. The number of nitrogens with one attached hydrogen (secondary N) is 1. The van der Waals surface area contributed by atoms with Gasteiger partial charge in [0.15, 0.2) is 0 Å². The second-order valence-electron chi connectivity index (χ2n) is 6.50. The van der Waals surface area contributed by atoms with Gasteiger partial charge >= 0.3 is 0 Å². The minimum atomic E-state index is -0.185. The molecular formula is C23H18N4O. The fraction of sp³-hybridized carbons (Fsp3) is 0.0870. The SMILES string of the molecule is N#Cc1ccccc1Cc1nccn1C(c1ccccc1)c1cc[nH]c(=O)c1. The first-order valence-electron chi connectivity index (χ1n) is 8.99. The first kappa shape index (κ1) is 17.5. The number of pyridine rings is 1. The maximum atomic E-state index is 11.9. The Morgan fingerprint density at radius 1 is 1.04 bits per heavy atom. The van der Waals surface area contributed by atoms with Gasteiger partial charge in [-0.25, -0.2) is 4.98 Å². The summed E-state index contributed by atoms with van der Waals surface area (Å²) >= 11 is 0. The Bertz CT molecular complexity index is 1180. The van der Waals surface area contributed by atoms with Gasteiger partial charge in [0.2, 0.25) is 5.56 Å². The van der Waals surface area contributed by atoms with Crippen molar-refractivity contribution in [3.05, 3.63) is 124 Å². The van der Waals surface area contributed by atoms with Crippen LogP contribution in [0, 0.1) is 11.3 Å². The highest BCUT2D eigenvalue weighted by atomic mass is 16.1. The highest BCUT2D eigenvalue weighted by molar-refractivity contribution is 5.39. The van der Waals surface area contributed by atoms with Crippen molar-refractivity contribution < 1.29 is 0 Å². The summed E-state index contributed by atoms with van der Waals surface area (Å²) in [7, 11) is 0. The molecule has 0 aliphatic heterocycles. The van der Waals surface area contributed by atoms with Gasteiger partial charge in [0.25, 0.3) is 0 Å². The number of aromatic amines is 1. The second-order valence-corrected chi connectivity index (χ2v) is 6.50. The van der Waals surface area contributed by atoms with Crippen LogP contribution in [0.1, 0.15) is 34.1 Å². The highest BCUT2D eigenvalue weighted by Crippen LogP contribution is 2.28. The quantitative estimate of drug-likeness (QED) is 0.586. The minimum Gasteiger partial charge on any atom is -0.329 e. The molecule has 0 saturated heterocycles. The third-order valence-corrected chi connectivity index (χ3v) is 4.74. The molecule has 1 atom stereocenters. The molecule has 2 heterocycles. The molecular weight excluding hydrogens is 348 g/mol. The van der Waals surface area contributed by atoms with Crippen LogP contribution in [0.2, 0.25) is 0 Å². The van der Waals surface area contributed by atoms with E-state index in [4.69, 9.17) is 0 Å². The van der Waals surface area contributed by atoms with Gasteiger partial charge in [0, 0.05) is 31.1 Å². The average Bonchev–Trinajstić information content (AvgIpc) is 3.17. The van der Waals surface area contributed by atoms with E-state index in [1.165, 1.54) is 0 Å². The summed E-state index contributed by atoms with van der Waals surface area (Å²) in [6, 6.07) is 23.1. The van der Waals surface area contributed by atoms with Crippen LogP contribution >= 0.6 is 0 Å². The van der Waals surface area contributed by atoms with Gasteiger partial charge in [-0.2, -0.15) is 5.26 Å². The lowest BCUT2D eigenvalue weighted by atomic mass is 9.98. The van der Waals surface area contributed by atoms with Crippen molar-refractivity contribution in [2.75, 3.05) is 0 Å². The topological polar surface area (TPSA) is 74.5 Å². The van der Waals surface area contributed by atoms with Crippen LogP contribution in [0.15, 0.2) is 90.1 Å².